The van der Waals surface area contributed by atoms with E-state index in [2.05, 4.69) is 5.32 Å². The van der Waals surface area contributed by atoms with E-state index in [1.165, 1.54) is 0 Å². The number of ether oxygens (including phenoxy) is 1. The monoisotopic (exact) mass is 416 g/mol. The number of hydrogen-bond donors (Lipinski definition) is 1. The standard InChI is InChI=1S/C26H28N2O3/c1-20-13-15-23(16-14-20)31-19-25(29)28(18-22-11-7-4-8-12-22)24(26(30)27-2)17-21-9-5-3-6-10-21/h3-16,24H,17-19H2,1-2H3,(H,27,30)/t24-/m0/s1. The summed E-state index contributed by atoms with van der Waals surface area (Å²) in [5.74, 6) is 0.176. The highest BCUT2D eigenvalue weighted by Crippen LogP contribution is 2.16. The number of aryl methyl sites for hydroxylation is 1. The third-order valence-electron chi connectivity index (χ3n) is 5.10. The second kappa shape index (κ2) is 11.0. The number of carbonyl (C=O) groups is 2. The summed E-state index contributed by atoms with van der Waals surface area (Å²) < 4.78 is 5.73. The minimum atomic E-state index is -0.651. The quantitative estimate of drug-likeness (QED) is 0.578. The first-order valence-corrected chi connectivity index (χ1v) is 10.3. The lowest BCUT2D eigenvalue weighted by Crippen LogP contribution is -2.51. The van der Waals surface area contributed by atoms with Gasteiger partial charge < -0.3 is 15.0 Å². The Hall–Kier alpha value is -3.60. The molecule has 2 amide bonds. The Morgan fingerprint density at radius 1 is 0.871 bits per heavy atom. The molecule has 31 heavy (non-hydrogen) atoms. The first-order chi connectivity index (χ1) is 15.1. The van der Waals surface area contributed by atoms with Crippen LogP contribution in [0.25, 0.3) is 0 Å². The zero-order valence-corrected chi connectivity index (χ0v) is 18.0. The van der Waals surface area contributed by atoms with Gasteiger partial charge >= 0.3 is 0 Å². The van der Waals surface area contributed by atoms with Crippen molar-refractivity contribution in [1.29, 1.82) is 0 Å². The Bertz CT molecular complexity index is 973. The number of rotatable bonds is 9. The average Bonchev–Trinajstić information content (AvgIpc) is 2.81. The number of benzene rings is 3. The van der Waals surface area contributed by atoms with Crippen molar-refractivity contribution in [2.24, 2.45) is 0 Å². The molecule has 0 saturated heterocycles. The lowest BCUT2D eigenvalue weighted by molar-refractivity contribution is -0.142. The number of hydrogen-bond acceptors (Lipinski definition) is 3. The molecular formula is C26H28N2O3. The van der Waals surface area contributed by atoms with Gasteiger partial charge in [0.25, 0.3) is 5.91 Å². The molecule has 5 heteroatoms. The number of nitrogens with zero attached hydrogens (tertiary/aromatic N) is 1. The second-order valence-electron chi connectivity index (χ2n) is 7.43. The summed E-state index contributed by atoms with van der Waals surface area (Å²) >= 11 is 0. The van der Waals surface area contributed by atoms with E-state index in [0.29, 0.717) is 18.7 Å². The normalized spacial score (nSPS) is 11.4. The third kappa shape index (κ3) is 6.44. The Kier molecular flexibility index (Phi) is 7.82. The lowest BCUT2D eigenvalue weighted by Gasteiger charge is -2.31. The largest absolute Gasteiger partial charge is 0.484 e. The minimum Gasteiger partial charge on any atom is -0.484 e. The molecule has 0 aliphatic carbocycles. The van der Waals surface area contributed by atoms with Gasteiger partial charge in [-0.25, -0.2) is 0 Å². The Morgan fingerprint density at radius 2 is 1.45 bits per heavy atom. The molecule has 0 heterocycles. The van der Waals surface area contributed by atoms with Crippen LogP contribution in [0.15, 0.2) is 84.9 Å². The van der Waals surface area contributed by atoms with Crippen LogP contribution in [-0.4, -0.2) is 36.4 Å². The molecule has 1 atom stereocenters. The van der Waals surface area contributed by atoms with Gasteiger partial charge in [-0.3, -0.25) is 9.59 Å². The van der Waals surface area contributed by atoms with Crippen molar-refractivity contribution in [2.75, 3.05) is 13.7 Å². The molecule has 5 nitrogen and oxygen atoms in total. The summed E-state index contributed by atoms with van der Waals surface area (Å²) in [6.45, 7) is 2.17. The highest BCUT2D eigenvalue weighted by molar-refractivity contribution is 5.88. The van der Waals surface area contributed by atoms with E-state index in [-0.39, 0.29) is 18.4 Å². The molecule has 0 spiro atoms. The Labute approximate surface area is 183 Å². The first kappa shape index (κ1) is 22.1. The molecule has 160 valence electrons. The second-order valence-corrected chi connectivity index (χ2v) is 7.43. The highest BCUT2D eigenvalue weighted by Gasteiger charge is 2.30. The van der Waals surface area contributed by atoms with Gasteiger partial charge in [0.2, 0.25) is 5.91 Å². The maximum absolute atomic E-state index is 13.3. The van der Waals surface area contributed by atoms with E-state index >= 15 is 0 Å². The molecule has 0 saturated carbocycles. The fourth-order valence-corrected chi connectivity index (χ4v) is 3.36. The van der Waals surface area contributed by atoms with Crippen LogP contribution in [0, 0.1) is 6.92 Å². The molecule has 0 aliphatic rings. The summed E-state index contributed by atoms with van der Waals surface area (Å²) in [6.07, 6.45) is 0.420. The lowest BCUT2D eigenvalue weighted by atomic mass is 10.0. The molecule has 3 rings (SSSR count). The fourth-order valence-electron chi connectivity index (χ4n) is 3.36. The number of likely N-dealkylation sites (N-methyl/N-ethyl adjacent to an activating group) is 1. The minimum absolute atomic E-state index is 0.141. The fraction of sp³-hybridized carbons (Fsp3) is 0.231. The van der Waals surface area contributed by atoms with E-state index in [1.807, 2.05) is 91.9 Å². The maximum atomic E-state index is 13.3. The predicted molar refractivity (Wildman–Crippen MR) is 122 cm³/mol. The molecule has 1 N–H and O–H groups in total. The number of carbonyl (C=O) groups excluding carboxylic acids is 2. The predicted octanol–water partition coefficient (Wildman–Crippen LogP) is 3.76. The summed E-state index contributed by atoms with van der Waals surface area (Å²) in [6, 6.07) is 26.3. The van der Waals surface area contributed by atoms with Crippen LogP contribution >= 0.6 is 0 Å². The van der Waals surface area contributed by atoms with Crippen molar-refractivity contribution in [3.05, 3.63) is 102 Å². The molecule has 0 bridgehead atoms. The zero-order valence-electron chi connectivity index (χ0n) is 18.0. The van der Waals surface area contributed by atoms with Gasteiger partial charge in [-0.15, -0.1) is 0 Å². The smallest absolute Gasteiger partial charge is 0.261 e. The highest BCUT2D eigenvalue weighted by atomic mass is 16.5. The topological polar surface area (TPSA) is 58.6 Å². The van der Waals surface area contributed by atoms with Crippen molar-refractivity contribution < 1.29 is 14.3 Å². The van der Waals surface area contributed by atoms with E-state index in [4.69, 9.17) is 4.74 Å². The Balaban J connectivity index is 1.83. The number of amides is 2. The maximum Gasteiger partial charge on any atom is 0.261 e. The molecule has 3 aromatic rings. The summed E-state index contributed by atoms with van der Waals surface area (Å²) in [4.78, 5) is 27.7. The van der Waals surface area contributed by atoms with E-state index in [9.17, 15) is 9.59 Å². The molecule has 0 radical (unpaired) electrons. The van der Waals surface area contributed by atoms with Gasteiger partial charge in [0.05, 0.1) is 0 Å². The molecule has 0 aromatic heterocycles. The molecule has 0 fully saturated rings. The molecule has 0 aliphatic heterocycles. The van der Waals surface area contributed by atoms with Crippen LogP contribution < -0.4 is 10.1 Å². The zero-order chi connectivity index (χ0) is 22.1. The van der Waals surface area contributed by atoms with Crippen LogP contribution in [0.1, 0.15) is 16.7 Å². The van der Waals surface area contributed by atoms with Gasteiger partial charge in [-0.1, -0.05) is 78.4 Å². The van der Waals surface area contributed by atoms with Crippen LogP contribution in [0.2, 0.25) is 0 Å². The van der Waals surface area contributed by atoms with Gasteiger partial charge in [0.15, 0.2) is 6.61 Å². The van der Waals surface area contributed by atoms with E-state index < -0.39 is 6.04 Å². The van der Waals surface area contributed by atoms with Crippen molar-refractivity contribution in [3.8, 4) is 5.75 Å². The summed E-state index contributed by atoms with van der Waals surface area (Å²) in [5, 5.41) is 2.71. The third-order valence-corrected chi connectivity index (χ3v) is 5.10. The molecule has 0 unspecified atom stereocenters. The van der Waals surface area contributed by atoms with Gasteiger partial charge in [0, 0.05) is 20.0 Å². The van der Waals surface area contributed by atoms with Crippen molar-refractivity contribution in [2.45, 2.75) is 25.9 Å². The van der Waals surface area contributed by atoms with E-state index in [0.717, 1.165) is 16.7 Å². The van der Waals surface area contributed by atoms with E-state index in [1.54, 1.807) is 11.9 Å². The molecular weight excluding hydrogens is 388 g/mol. The summed E-state index contributed by atoms with van der Waals surface area (Å²) in [7, 11) is 1.59. The van der Waals surface area contributed by atoms with Crippen LogP contribution in [-0.2, 0) is 22.6 Å². The SMILES string of the molecule is CNC(=O)[C@H](Cc1ccccc1)N(Cc1ccccc1)C(=O)COc1ccc(C)cc1. The van der Waals surface area contributed by atoms with Gasteiger partial charge in [-0.05, 0) is 30.2 Å². The number of nitrogens with one attached hydrogen (secondary N) is 1. The summed E-state index contributed by atoms with van der Waals surface area (Å²) in [5.41, 5.74) is 3.06. The van der Waals surface area contributed by atoms with Crippen LogP contribution in [0.5, 0.6) is 5.75 Å². The van der Waals surface area contributed by atoms with Crippen molar-refractivity contribution in [1.82, 2.24) is 10.2 Å². The average molecular weight is 417 g/mol. The Morgan fingerprint density at radius 3 is 2.03 bits per heavy atom. The van der Waals surface area contributed by atoms with Crippen molar-refractivity contribution in [3.63, 3.8) is 0 Å². The van der Waals surface area contributed by atoms with Crippen LogP contribution in [0.4, 0.5) is 0 Å². The van der Waals surface area contributed by atoms with Crippen molar-refractivity contribution >= 4 is 11.8 Å². The first-order valence-electron chi connectivity index (χ1n) is 10.3. The van der Waals surface area contributed by atoms with Gasteiger partial charge in [0.1, 0.15) is 11.8 Å². The molecule has 3 aromatic carbocycles. The van der Waals surface area contributed by atoms with Gasteiger partial charge in [-0.2, -0.15) is 0 Å². The van der Waals surface area contributed by atoms with Crippen LogP contribution in [0.3, 0.4) is 0 Å².